The van der Waals surface area contributed by atoms with Gasteiger partial charge in [0, 0.05) is 24.5 Å². The van der Waals surface area contributed by atoms with Crippen molar-refractivity contribution in [2.24, 2.45) is 0 Å². The number of benzene rings is 1. The van der Waals surface area contributed by atoms with Crippen molar-refractivity contribution in [2.45, 2.75) is 17.7 Å². The monoisotopic (exact) mass is 350 g/mol. The summed E-state index contributed by atoms with van der Waals surface area (Å²) >= 11 is 0. The van der Waals surface area contributed by atoms with Gasteiger partial charge in [-0.3, -0.25) is 9.59 Å². The number of anilines is 2. The van der Waals surface area contributed by atoms with Gasteiger partial charge in [-0.15, -0.1) is 0 Å². The number of nitrogens with one attached hydrogen (secondary N) is 2. The maximum atomic E-state index is 12.2. The molecule has 0 saturated carbocycles. The van der Waals surface area contributed by atoms with Crippen LogP contribution in [0.4, 0.5) is 11.6 Å². The molecule has 1 amide bonds. The first-order valence-electron chi connectivity index (χ1n) is 6.78. The number of aliphatic carboxylic acids is 1. The fourth-order valence-electron chi connectivity index (χ4n) is 1.69. The molecule has 0 saturated heterocycles. The van der Waals surface area contributed by atoms with Crippen molar-refractivity contribution < 1.29 is 23.1 Å². The predicted molar refractivity (Wildman–Crippen MR) is 84.8 cm³/mol. The first-order valence-corrected chi connectivity index (χ1v) is 8.27. The van der Waals surface area contributed by atoms with Crippen molar-refractivity contribution in [3.05, 3.63) is 42.7 Å². The van der Waals surface area contributed by atoms with Gasteiger partial charge in [0.2, 0.25) is 11.9 Å². The summed E-state index contributed by atoms with van der Waals surface area (Å²) in [7, 11) is -3.85. The number of rotatable bonds is 7. The molecule has 0 fully saturated rings. The van der Waals surface area contributed by atoms with E-state index in [1.807, 2.05) is 0 Å². The minimum atomic E-state index is -3.85. The van der Waals surface area contributed by atoms with Crippen LogP contribution in [0.15, 0.2) is 47.6 Å². The zero-order chi connectivity index (χ0) is 17.6. The third kappa shape index (κ3) is 5.02. The van der Waals surface area contributed by atoms with Crippen LogP contribution in [0.25, 0.3) is 0 Å². The highest BCUT2D eigenvalue weighted by Gasteiger charge is 2.15. The molecule has 126 valence electrons. The van der Waals surface area contributed by atoms with Gasteiger partial charge in [-0.1, -0.05) is 0 Å². The molecule has 2 aromatic rings. The van der Waals surface area contributed by atoms with Gasteiger partial charge in [0.1, 0.15) is 0 Å². The third-order valence-electron chi connectivity index (χ3n) is 2.81. The molecule has 0 unspecified atom stereocenters. The standard InChI is InChI=1S/C14H14N4O5S/c19-12(6-7-13(20)21)17-10-2-4-11(5-3-10)24(22,23)18-14-15-8-1-9-16-14/h1-5,8-9H,6-7H2,(H,17,19)(H,20,21)(H,15,16,18). The summed E-state index contributed by atoms with van der Waals surface area (Å²) in [6.45, 7) is 0. The lowest BCUT2D eigenvalue weighted by Gasteiger charge is -2.08. The summed E-state index contributed by atoms with van der Waals surface area (Å²) < 4.78 is 26.6. The van der Waals surface area contributed by atoms with Gasteiger partial charge in [-0.05, 0) is 30.3 Å². The highest BCUT2D eigenvalue weighted by atomic mass is 32.2. The molecule has 0 aliphatic rings. The van der Waals surface area contributed by atoms with Crippen LogP contribution in [0.5, 0.6) is 0 Å². The van der Waals surface area contributed by atoms with Gasteiger partial charge in [0.25, 0.3) is 10.0 Å². The number of carbonyl (C=O) groups excluding carboxylic acids is 1. The van der Waals surface area contributed by atoms with Crippen LogP contribution in [0.2, 0.25) is 0 Å². The van der Waals surface area contributed by atoms with Crippen LogP contribution in [0.1, 0.15) is 12.8 Å². The van der Waals surface area contributed by atoms with E-state index in [0.29, 0.717) is 5.69 Å². The van der Waals surface area contributed by atoms with Gasteiger partial charge in [-0.2, -0.15) is 0 Å². The fraction of sp³-hybridized carbons (Fsp3) is 0.143. The highest BCUT2D eigenvalue weighted by molar-refractivity contribution is 7.92. The molecular formula is C14H14N4O5S. The predicted octanol–water partition coefficient (Wildman–Crippen LogP) is 1.08. The lowest BCUT2D eigenvalue weighted by atomic mass is 10.2. The first kappa shape index (κ1) is 17.3. The topological polar surface area (TPSA) is 138 Å². The van der Waals surface area contributed by atoms with Crippen molar-refractivity contribution in [3.63, 3.8) is 0 Å². The SMILES string of the molecule is O=C(O)CCC(=O)Nc1ccc(S(=O)(=O)Nc2ncccn2)cc1. The molecule has 2 rings (SSSR count). The van der Waals surface area contributed by atoms with Crippen LogP contribution in [0, 0.1) is 0 Å². The molecule has 0 aliphatic carbocycles. The van der Waals surface area contributed by atoms with Gasteiger partial charge < -0.3 is 10.4 Å². The third-order valence-corrected chi connectivity index (χ3v) is 4.15. The summed E-state index contributed by atoms with van der Waals surface area (Å²) in [5.74, 6) is -1.59. The summed E-state index contributed by atoms with van der Waals surface area (Å²) in [6.07, 6.45) is 2.36. The maximum Gasteiger partial charge on any atom is 0.303 e. The van der Waals surface area contributed by atoms with Crippen LogP contribution in [-0.4, -0.2) is 35.4 Å². The second-order valence-corrected chi connectivity index (χ2v) is 6.33. The second kappa shape index (κ2) is 7.51. The molecule has 0 bridgehead atoms. The Kier molecular flexibility index (Phi) is 5.42. The normalized spacial score (nSPS) is 10.8. The van der Waals surface area contributed by atoms with Crippen molar-refractivity contribution in [1.29, 1.82) is 0 Å². The molecule has 0 aliphatic heterocycles. The number of carbonyl (C=O) groups is 2. The number of aromatic nitrogens is 2. The number of carboxylic acid groups (broad SMARTS) is 1. The van der Waals surface area contributed by atoms with E-state index >= 15 is 0 Å². The molecule has 0 radical (unpaired) electrons. The molecule has 9 nitrogen and oxygen atoms in total. The average molecular weight is 350 g/mol. The molecule has 10 heteroatoms. The second-order valence-electron chi connectivity index (χ2n) is 4.64. The van der Waals surface area contributed by atoms with Crippen LogP contribution in [-0.2, 0) is 19.6 Å². The Labute approximate surface area is 137 Å². The van der Waals surface area contributed by atoms with E-state index in [1.165, 1.54) is 36.7 Å². The minimum Gasteiger partial charge on any atom is -0.481 e. The zero-order valence-corrected chi connectivity index (χ0v) is 13.2. The summed E-state index contributed by atoms with van der Waals surface area (Å²) in [5, 5.41) is 11.0. The summed E-state index contributed by atoms with van der Waals surface area (Å²) in [6, 6.07) is 6.97. The van der Waals surface area contributed by atoms with Crippen LogP contribution >= 0.6 is 0 Å². The van der Waals surface area contributed by atoms with Crippen molar-refractivity contribution in [3.8, 4) is 0 Å². The summed E-state index contributed by atoms with van der Waals surface area (Å²) in [5.41, 5.74) is 0.361. The molecular weight excluding hydrogens is 336 g/mol. The number of hydrogen-bond donors (Lipinski definition) is 3. The number of nitrogens with zero attached hydrogens (tertiary/aromatic N) is 2. The molecule has 1 aromatic heterocycles. The number of sulfonamides is 1. The largest absolute Gasteiger partial charge is 0.481 e. The van der Waals surface area contributed by atoms with Crippen molar-refractivity contribution in [2.75, 3.05) is 10.0 Å². The van der Waals surface area contributed by atoms with Gasteiger partial charge in [0.05, 0.1) is 11.3 Å². The molecule has 24 heavy (non-hydrogen) atoms. The van der Waals surface area contributed by atoms with Gasteiger partial charge in [-0.25, -0.2) is 23.1 Å². The van der Waals surface area contributed by atoms with E-state index in [2.05, 4.69) is 20.0 Å². The lowest BCUT2D eigenvalue weighted by Crippen LogP contribution is -2.15. The molecule has 0 spiro atoms. The molecule has 1 heterocycles. The van der Waals surface area contributed by atoms with E-state index in [9.17, 15) is 18.0 Å². The molecule has 1 aromatic carbocycles. The maximum absolute atomic E-state index is 12.2. The minimum absolute atomic E-state index is 0.0292. The van der Waals surface area contributed by atoms with Gasteiger partial charge >= 0.3 is 5.97 Å². The van der Waals surface area contributed by atoms with E-state index in [-0.39, 0.29) is 23.7 Å². The Balaban J connectivity index is 2.03. The lowest BCUT2D eigenvalue weighted by molar-refractivity contribution is -0.138. The number of carboxylic acids is 1. The Morgan fingerprint density at radius 2 is 1.67 bits per heavy atom. The fourth-order valence-corrected chi connectivity index (χ4v) is 2.65. The van der Waals surface area contributed by atoms with Gasteiger partial charge in [0.15, 0.2) is 0 Å². The van der Waals surface area contributed by atoms with E-state index in [4.69, 9.17) is 5.11 Å². The summed E-state index contributed by atoms with van der Waals surface area (Å²) in [4.78, 5) is 29.4. The first-order chi connectivity index (χ1) is 11.4. The van der Waals surface area contributed by atoms with Crippen molar-refractivity contribution in [1.82, 2.24) is 9.97 Å². The number of amides is 1. The quantitative estimate of drug-likeness (QED) is 0.679. The van der Waals surface area contributed by atoms with E-state index in [1.54, 1.807) is 6.07 Å². The Morgan fingerprint density at radius 1 is 1.04 bits per heavy atom. The van der Waals surface area contributed by atoms with Crippen molar-refractivity contribution >= 4 is 33.5 Å². The van der Waals surface area contributed by atoms with E-state index < -0.39 is 21.9 Å². The zero-order valence-electron chi connectivity index (χ0n) is 12.3. The van der Waals surface area contributed by atoms with E-state index in [0.717, 1.165) is 0 Å². The Hall–Kier alpha value is -3.01. The number of hydrogen-bond acceptors (Lipinski definition) is 6. The average Bonchev–Trinajstić information content (AvgIpc) is 2.54. The smallest absolute Gasteiger partial charge is 0.303 e. The van der Waals surface area contributed by atoms with Crippen LogP contribution < -0.4 is 10.0 Å². The Morgan fingerprint density at radius 3 is 2.25 bits per heavy atom. The molecule has 3 N–H and O–H groups in total. The van der Waals surface area contributed by atoms with Crippen LogP contribution in [0.3, 0.4) is 0 Å². The Bertz CT molecular complexity index is 822. The highest BCUT2D eigenvalue weighted by Crippen LogP contribution is 2.16. The molecule has 0 atom stereocenters.